The number of ether oxygens (including phenoxy) is 2. The molecule has 0 saturated carbocycles. The van der Waals surface area contributed by atoms with Gasteiger partial charge in [0.15, 0.2) is 6.61 Å². The van der Waals surface area contributed by atoms with Crippen LogP contribution in [0.5, 0.6) is 0 Å². The first-order chi connectivity index (χ1) is 14.4. The lowest BCUT2D eigenvalue weighted by atomic mass is 10.1. The van der Waals surface area contributed by atoms with Crippen LogP contribution in [0, 0.1) is 13.8 Å². The second kappa shape index (κ2) is 9.26. The summed E-state index contributed by atoms with van der Waals surface area (Å²) >= 11 is 0. The molecule has 1 heterocycles. The van der Waals surface area contributed by atoms with E-state index in [4.69, 9.17) is 9.47 Å². The van der Waals surface area contributed by atoms with Gasteiger partial charge in [0.1, 0.15) is 6.54 Å². The molecule has 0 aliphatic carbocycles. The number of nitrogens with zero attached hydrogens (tertiary/aromatic N) is 1. The van der Waals surface area contributed by atoms with E-state index in [1.807, 2.05) is 36.4 Å². The number of anilines is 1. The van der Waals surface area contributed by atoms with Crippen molar-refractivity contribution in [2.45, 2.75) is 27.3 Å². The SMILES string of the molecule is CCOC(=O)c1cc(C)n(CC(=O)OCC(=O)Nc2ccc3ccccc3c2)c1C. The first kappa shape index (κ1) is 21.1. The number of amides is 1. The van der Waals surface area contributed by atoms with Crippen LogP contribution in [-0.2, 0) is 25.6 Å². The lowest BCUT2D eigenvalue weighted by Gasteiger charge is -2.10. The van der Waals surface area contributed by atoms with Gasteiger partial charge >= 0.3 is 11.9 Å². The summed E-state index contributed by atoms with van der Waals surface area (Å²) in [6.45, 7) is 5.04. The highest BCUT2D eigenvalue weighted by molar-refractivity contribution is 5.95. The van der Waals surface area contributed by atoms with Crippen LogP contribution in [0.25, 0.3) is 10.8 Å². The van der Waals surface area contributed by atoms with E-state index >= 15 is 0 Å². The standard InChI is InChI=1S/C23H24N2O5/c1-4-29-23(28)20-11-15(2)25(16(20)3)13-22(27)30-14-21(26)24-19-10-9-17-7-5-6-8-18(17)12-19/h5-12H,4,13-14H2,1-3H3,(H,24,26). The van der Waals surface area contributed by atoms with Crippen LogP contribution in [0.4, 0.5) is 5.69 Å². The second-order valence-electron chi connectivity index (χ2n) is 6.86. The Labute approximate surface area is 174 Å². The molecule has 0 bridgehead atoms. The molecular formula is C23H24N2O5. The fraction of sp³-hybridized carbons (Fsp3) is 0.261. The van der Waals surface area contributed by atoms with Crippen molar-refractivity contribution in [1.29, 1.82) is 0 Å². The van der Waals surface area contributed by atoms with Crippen LogP contribution in [-0.4, -0.2) is 35.6 Å². The summed E-state index contributed by atoms with van der Waals surface area (Å²) in [5.41, 5.74) is 2.39. The van der Waals surface area contributed by atoms with Crippen LogP contribution < -0.4 is 5.32 Å². The maximum Gasteiger partial charge on any atom is 0.339 e. The summed E-state index contributed by atoms with van der Waals surface area (Å²) in [5.74, 6) is -1.42. The van der Waals surface area contributed by atoms with Crippen LogP contribution in [0.15, 0.2) is 48.5 Å². The molecule has 0 fully saturated rings. The zero-order valence-electron chi connectivity index (χ0n) is 17.2. The van der Waals surface area contributed by atoms with E-state index in [9.17, 15) is 14.4 Å². The Morgan fingerprint density at radius 2 is 1.70 bits per heavy atom. The van der Waals surface area contributed by atoms with E-state index in [0.29, 0.717) is 16.9 Å². The molecule has 2 aromatic carbocycles. The number of hydrogen-bond donors (Lipinski definition) is 1. The van der Waals surface area contributed by atoms with Crippen molar-refractivity contribution in [3.05, 3.63) is 65.5 Å². The van der Waals surface area contributed by atoms with Crippen molar-refractivity contribution in [3.8, 4) is 0 Å². The summed E-state index contributed by atoms with van der Waals surface area (Å²) in [5, 5.41) is 4.80. The molecule has 0 aliphatic heterocycles. The summed E-state index contributed by atoms with van der Waals surface area (Å²) in [6.07, 6.45) is 0. The number of benzene rings is 2. The number of fused-ring (bicyclic) bond motifs is 1. The van der Waals surface area contributed by atoms with E-state index in [-0.39, 0.29) is 13.2 Å². The number of aromatic nitrogens is 1. The van der Waals surface area contributed by atoms with Crippen LogP contribution in [0.3, 0.4) is 0 Å². The van der Waals surface area contributed by atoms with E-state index in [2.05, 4.69) is 5.32 Å². The number of carbonyl (C=O) groups excluding carboxylic acids is 3. The molecule has 30 heavy (non-hydrogen) atoms. The van der Waals surface area contributed by atoms with E-state index in [1.165, 1.54) is 0 Å². The molecule has 7 heteroatoms. The minimum Gasteiger partial charge on any atom is -0.462 e. The van der Waals surface area contributed by atoms with Crippen molar-refractivity contribution in [2.75, 3.05) is 18.5 Å². The smallest absolute Gasteiger partial charge is 0.339 e. The number of nitrogens with one attached hydrogen (secondary N) is 1. The molecule has 0 spiro atoms. The summed E-state index contributed by atoms with van der Waals surface area (Å²) in [4.78, 5) is 36.3. The van der Waals surface area contributed by atoms with Crippen molar-refractivity contribution in [3.63, 3.8) is 0 Å². The fourth-order valence-corrected chi connectivity index (χ4v) is 3.24. The van der Waals surface area contributed by atoms with Crippen molar-refractivity contribution in [2.24, 2.45) is 0 Å². The second-order valence-corrected chi connectivity index (χ2v) is 6.86. The quantitative estimate of drug-likeness (QED) is 0.604. The van der Waals surface area contributed by atoms with Gasteiger partial charge in [-0.2, -0.15) is 0 Å². The molecule has 0 aliphatic rings. The number of hydrogen-bond acceptors (Lipinski definition) is 5. The lowest BCUT2D eigenvalue weighted by Crippen LogP contribution is -2.23. The zero-order chi connectivity index (χ0) is 21.7. The molecule has 0 saturated heterocycles. The highest BCUT2D eigenvalue weighted by atomic mass is 16.5. The van der Waals surface area contributed by atoms with Gasteiger partial charge in [0.05, 0.1) is 12.2 Å². The Morgan fingerprint density at radius 1 is 0.967 bits per heavy atom. The van der Waals surface area contributed by atoms with Gasteiger partial charge in [-0.25, -0.2) is 4.79 Å². The van der Waals surface area contributed by atoms with Gasteiger partial charge < -0.3 is 19.4 Å². The molecule has 0 unspecified atom stereocenters. The topological polar surface area (TPSA) is 86.6 Å². The molecule has 3 aromatic rings. The van der Waals surface area contributed by atoms with Gasteiger partial charge in [-0.15, -0.1) is 0 Å². The number of aryl methyl sites for hydroxylation is 1. The van der Waals surface area contributed by atoms with Crippen LogP contribution in [0.2, 0.25) is 0 Å². The third-order valence-electron chi connectivity index (χ3n) is 4.75. The number of rotatable bonds is 7. The van der Waals surface area contributed by atoms with Crippen LogP contribution in [0.1, 0.15) is 28.7 Å². The largest absolute Gasteiger partial charge is 0.462 e. The Hall–Kier alpha value is -3.61. The van der Waals surface area contributed by atoms with E-state index < -0.39 is 24.5 Å². The van der Waals surface area contributed by atoms with Crippen molar-refractivity contribution in [1.82, 2.24) is 4.57 Å². The minimum absolute atomic E-state index is 0.0969. The summed E-state index contributed by atoms with van der Waals surface area (Å²) < 4.78 is 11.8. The summed E-state index contributed by atoms with van der Waals surface area (Å²) in [7, 11) is 0. The number of carbonyl (C=O) groups is 3. The molecule has 156 valence electrons. The molecule has 1 N–H and O–H groups in total. The molecular weight excluding hydrogens is 384 g/mol. The first-order valence-corrected chi connectivity index (χ1v) is 9.67. The van der Waals surface area contributed by atoms with Crippen molar-refractivity contribution >= 4 is 34.3 Å². The monoisotopic (exact) mass is 408 g/mol. The normalized spacial score (nSPS) is 10.6. The average molecular weight is 408 g/mol. The van der Waals surface area contributed by atoms with Gasteiger partial charge in [-0.3, -0.25) is 9.59 Å². The minimum atomic E-state index is -0.569. The maximum absolute atomic E-state index is 12.2. The van der Waals surface area contributed by atoms with Gasteiger partial charge in [-0.1, -0.05) is 30.3 Å². The number of esters is 2. The maximum atomic E-state index is 12.2. The molecule has 0 atom stereocenters. The fourth-order valence-electron chi connectivity index (χ4n) is 3.24. The predicted molar refractivity (Wildman–Crippen MR) is 113 cm³/mol. The molecule has 3 rings (SSSR count). The van der Waals surface area contributed by atoms with Gasteiger partial charge in [0.25, 0.3) is 5.91 Å². The average Bonchev–Trinajstić information content (AvgIpc) is 3.01. The molecule has 7 nitrogen and oxygen atoms in total. The first-order valence-electron chi connectivity index (χ1n) is 9.67. The molecule has 1 amide bonds. The predicted octanol–water partition coefficient (Wildman–Crippen LogP) is 3.62. The van der Waals surface area contributed by atoms with Gasteiger partial charge in [0, 0.05) is 17.1 Å². The Morgan fingerprint density at radius 3 is 2.43 bits per heavy atom. The Balaban J connectivity index is 1.56. The highest BCUT2D eigenvalue weighted by Crippen LogP contribution is 2.19. The Kier molecular flexibility index (Phi) is 6.51. The molecule has 1 aromatic heterocycles. The molecule has 0 radical (unpaired) electrons. The third-order valence-corrected chi connectivity index (χ3v) is 4.75. The zero-order valence-corrected chi connectivity index (χ0v) is 17.2. The van der Waals surface area contributed by atoms with E-state index in [0.717, 1.165) is 16.5 Å². The van der Waals surface area contributed by atoms with Gasteiger partial charge in [0.2, 0.25) is 0 Å². The van der Waals surface area contributed by atoms with Gasteiger partial charge in [-0.05, 0) is 49.7 Å². The third kappa shape index (κ3) is 4.86. The van der Waals surface area contributed by atoms with Crippen LogP contribution >= 0.6 is 0 Å². The Bertz CT molecular complexity index is 1100. The van der Waals surface area contributed by atoms with E-state index in [1.54, 1.807) is 37.5 Å². The summed E-state index contributed by atoms with van der Waals surface area (Å²) in [6, 6.07) is 15.1. The highest BCUT2D eigenvalue weighted by Gasteiger charge is 2.19. The van der Waals surface area contributed by atoms with Crippen molar-refractivity contribution < 1.29 is 23.9 Å². The lowest BCUT2D eigenvalue weighted by molar-refractivity contribution is -0.147.